The van der Waals surface area contributed by atoms with Crippen LogP contribution in [0, 0.1) is 5.41 Å². The van der Waals surface area contributed by atoms with E-state index in [-0.39, 0.29) is 11.3 Å². The van der Waals surface area contributed by atoms with Gasteiger partial charge >= 0.3 is 0 Å². The Bertz CT molecular complexity index is 690. The molecule has 1 aromatic carbocycles. The SMILES string of the molecule is CC(C)(C)C(=O)N1CCCC(c2nnc(Cc3ccccc3)s2)C1. The molecule has 1 saturated heterocycles. The lowest BCUT2D eigenvalue weighted by Gasteiger charge is -2.35. The Morgan fingerprint density at radius 3 is 2.71 bits per heavy atom. The Balaban J connectivity index is 1.67. The molecule has 0 saturated carbocycles. The third-order valence-corrected chi connectivity index (χ3v) is 5.47. The summed E-state index contributed by atoms with van der Waals surface area (Å²) < 4.78 is 0. The van der Waals surface area contributed by atoms with Crippen molar-refractivity contribution in [2.75, 3.05) is 13.1 Å². The van der Waals surface area contributed by atoms with E-state index in [4.69, 9.17) is 0 Å². The predicted molar refractivity (Wildman–Crippen MR) is 97.2 cm³/mol. The quantitative estimate of drug-likeness (QED) is 0.849. The van der Waals surface area contributed by atoms with Gasteiger partial charge in [-0.15, -0.1) is 21.5 Å². The molecule has 0 radical (unpaired) electrons. The van der Waals surface area contributed by atoms with Crippen LogP contribution in [0.3, 0.4) is 0 Å². The van der Waals surface area contributed by atoms with Gasteiger partial charge in [-0.05, 0) is 18.4 Å². The van der Waals surface area contributed by atoms with Crippen molar-refractivity contribution in [1.29, 1.82) is 0 Å². The van der Waals surface area contributed by atoms with Gasteiger partial charge in [-0.1, -0.05) is 51.1 Å². The van der Waals surface area contributed by atoms with Gasteiger partial charge in [0.05, 0.1) is 0 Å². The molecule has 3 rings (SSSR count). The minimum Gasteiger partial charge on any atom is -0.342 e. The monoisotopic (exact) mass is 343 g/mol. The summed E-state index contributed by atoms with van der Waals surface area (Å²) >= 11 is 1.70. The normalized spacial score (nSPS) is 18.6. The highest BCUT2D eigenvalue weighted by molar-refractivity contribution is 7.11. The highest BCUT2D eigenvalue weighted by Gasteiger charge is 2.32. The van der Waals surface area contributed by atoms with Crippen LogP contribution in [-0.2, 0) is 11.2 Å². The number of hydrogen-bond donors (Lipinski definition) is 0. The smallest absolute Gasteiger partial charge is 0.227 e. The first-order chi connectivity index (χ1) is 11.4. The van der Waals surface area contributed by atoms with E-state index in [1.807, 2.05) is 31.7 Å². The molecule has 0 spiro atoms. The van der Waals surface area contributed by atoms with Crippen molar-refractivity contribution >= 4 is 17.2 Å². The zero-order valence-electron chi connectivity index (χ0n) is 14.7. The summed E-state index contributed by atoms with van der Waals surface area (Å²) in [5.41, 5.74) is 0.940. The van der Waals surface area contributed by atoms with Gasteiger partial charge in [-0.2, -0.15) is 0 Å². The largest absolute Gasteiger partial charge is 0.342 e. The molecule has 1 atom stereocenters. The van der Waals surface area contributed by atoms with E-state index in [0.29, 0.717) is 5.92 Å². The molecule has 1 aromatic heterocycles. The number of nitrogens with zero attached hydrogens (tertiary/aromatic N) is 3. The van der Waals surface area contributed by atoms with Crippen LogP contribution in [-0.4, -0.2) is 34.1 Å². The molecule has 0 aliphatic carbocycles. The van der Waals surface area contributed by atoms with Crippen LogP contribution < -0.4 is 0 Å². The van der Waals surface area contributed by atoms with E-state index in [9.17, 15) is 4.79 Å². The lowest BCUT2D eigenvalue weighted by Crippen LogP contribution is -2.44. The van der Waals surface area contributed by atoms with Crippen LogP contribution in [0.4, 0.5) is 0 Å². The van der Waals surface area contributed by atoms with Gasteiger partial charge in [0.15, 0.2) is 0 Å². The van der Waals surface area contributed by atoms with Crippen molar-refractivity contribution < 1.29 is 4.79 Å². The lowest BCUT2D eigenvalue weighted by molar-refractivity contribution is -0.140. The number of carbonyl (C=O) groups excluding carboxylic acids is 1. The average Bonchev–Trinajstić information content (AvgIpc) is 3.03. The van der Waals surface area contributed by atoms with Gasteiger partial charge in [-0.3, -0.25) is 4.79 Å². The molecule has 24 heavy (non-hydrogen) atoms. The highest BCUT2D eigenvalue weighted by atomic mass is 32.1. The van der Waals surface area contributed by atoms with E-state index in [1.54, 1.807) is 11.3 Å². The Labute approximate surface area is 147 Å². The molecule has 5 heteroatoms. The van der Waals surface area contributed by atoms with Crippen LogP contribution in [0.15, 0.2) is 30.3 Å². The van der Waals surface area contributed by atoms with E-state index < -0.39 is 0 Å². The number of hydrogen-bond acceptors (Lipinski definition) is 4. The number of benzene rings is 1. The third-order valence-electron chi connectivity index (χ3n) is 4.38. The molecular weight excluding hydrogens is 318 g/mol. The van der Waals surface area contributed by atoms with Gasteiger partial charge in [-0.25, -0.2) is 0 Å². The maximum Gasteiger partial charge on any atom is 0.227 e. The van der Waals surface area contributed by atoms with E-state index in [2.05, 4.69) is 34.5 Å². The fourth-order valence-electron chi connectivity index (χ4n) is 3.11. The van der Waals surface area contributed by atoms with Crippen molar-refractivity contribution in [1.82, 2.24) is 15.1 Å². The molecule has 1 aliphatic heterocycles. The summed E-state index contributed by atoms with van der Waals surface area (Å²) in [7, 11) is 0. The van der Waals surface area contributed by atoms with Crippen molar-refractivity contribution in [3.63, 3.8) is 0 Å². The first-order valence-corrected chi connectivity index (χ1v) is 9.41. The minimum atomic E-state index is -0.318. The van der Waals surface area contributed by atoms with E-state index in [1.165, 1.54) is 5.56 Å². The number of piperidine rings is 1. The lowest BCUT2D eigenvalue weighted by atomic mass is 9.91. The Kier molecular flexibility index (Phi) is 4.99. The van der Waals surface area contributed by atoms with Crippen LogP contribution >= 0.6 is 11.3 Å². The second kappa shape index (κ2) is 7.01. The van der Waals surface area contributed by atoms with Crippen molar-refractivity contribution in [2.45, 2.75) is 46.0 Å². The van der Waals surface area contributed by atoms with Gasteiger partial charge in [0.25, 0.3) is 0 Å². The Morgan fingerprint density at radius 1 is 1.25 bits per heavy atom. The second-order valence-electron chi connectivity index (χ2n) is 7.54. The topological polar surface area (TPSA) is 46.1 Å². The Hall–Kier alpha value is -1.75. The zero-order valence-corrected chi connectivity index (χ0v) is 15.5. The summed E-state index contributed by atoms with van der Waals surface area (Å²) in [5, 5.41) is 10.9. The molecule has 128 valence electrons. The highest BCUT2D eigenvalue weighted by Crippen LogP contribution is 2.31. The molecule has 2 aromatic rings. The number of amides is 1. The number of likely N-dealkylation sites (tertiary alicyclic amines) is 1. The fourth-order valence-corrected chi connectivity index (χ4v) is 4.11. The van der Waals surface area contributed by atoms with E-state index >= 15 is 0 Å². The van der Waals surface area contributed by atoms with Gasteiger partial charge in [0, 0.05) is 30.8 Å². The number of carbonyl (C=O) groups is 1. The van der Waals surface area contributed by atoms with Gasteiger partial charge in [0.2, 0.25) is 5.91 Å². The van der Waals surface area contributed by atoms with Crippen molar-refractivity contribution in [3.05, 3.63) is 45.9 Å². The third kappa shape index (κ3) is 4.01. The fraction of sp³-hybridized carbons (Fsp3) is 0.526. The first kappa shape index (κ1) is 17.1. The van der Waals surface area contributed by atoms with Crippen LogP contribution in [0.25, 0.3) is 0 Å². The number of aromatic nitrogens is 2. The van der Waals surface area contributed by atoms with Crippen LogP contribution in [0.1, 0.15) is 55.1 Å². The van der Waals surface area contributed by atoms with Gasteiger partial charge in [0.1, 0.15) is 10.0 Å². The maximum atomic E-state index is 12.5. The molecule has 1 fully saturated rings. The predicted octanol–water partition coefficient (Wildman–Crippen LogP) is 3.88. The Morgan fingerprint density at radius 2 is 2.00 bits per heavy atom. The molecule has 1 unspecified atom stereocenters. The maximum absolute atomic E-state index is 12.5. The first-order valence-electron chi connectivity index (χ1n) is 8.59. The summed E-state index contributed by atoms with van der Waals surface area (Å²) in [6.07, 6.45) is 2.96. The second-order valence-corrected chi connectivity index (χ2v) is 8.63. The van der Waals surface area contributed by atoms with Crippen LogP contribution in [0.2, 0.25) is 0 Å². The molecular formula is C19H25N3OS. The zero-order chi connectivity index (χ0) is 17.2. The average molecular weight is 343 g/mol. The summed E-state index contributed by atoms with van der Waals surface area (Å²) in [6.45, 7) is 7.60. The molecule has 0 N–H and O–H groups in total. The number of rotatable bonds is 3. The molecule has 0 bridgehead atoms. The standard InChI is InChI=1S/C19H25N3OS/c1-19(2,3)18(23)22-11-7-10-15(13-22)17-21-20-16(24-17)12-14-8-5-4-6-9-14/h4-6,8-9,15H,7,10-13H2,1-3H3. The molecule has 2 heterocycles. The summed E-state index contributed by atoms with van der Waals surface area (Å²) in [6, 6.07) is 10.4. The minimum absolute atomic E-state index is 0.237. The summed E-state index contributed by atoms with van der Waals surface area (Å²) in [4.78, 5) is 14.5. The van der Waals surface area contributed by atoms with E-state index in [0.717, 1.165) is 42.4 Å². The molecule has 4 nitrogen and oxygen atoms in total. The van der Waals surface area contributed by atoms with Crippen molar-refractivity contribution in [2.24, 2.45) is 5.41 Å². The van der Waals surface area contributed by atoms with Crippen molar-refractivity contribution in [3.8, 4) is 0 Å². The molecule has 1 amide bonds. The summed E-state index contributed by atoms with van der Waals surface area (Å²) in [5.74, 6) is 0.563. The van der Waals surface area contributed by atoms with Crippen LogP contribution in [0.5, 0.6) is 0 Å². The van der Waals surface area contributed by atoms with Gasteiger partial charge < -0.3 is 4.90 Å². The molecule has 1 aliphatic rings.